The maximum absolute atomic E-state index is 11.6. The summed E-state index contributed by atoms with van der Waals surface area (Å²) in [5, 5.41) is 0.834. The lowest BCUT2D eigenvalue weighted by Crippen LogP contribution is -2.05. The maximum Gasteiger partial charge on any atom is 0.340 e. The van der Waals surface area contributed by atoms with Gasteiger partial charge < -0.3 is 15.2 Å². The zero-order valence-corrected chi connectivity index (χ0v) is 13.9. The number of hydrogen-bond acceptors (Lipinski definition) is 4. The molecule has 0 aliphatic heterocycles. The van der Waals surface area contributed by atoms with Gasteiger partial charge in [0, 0.05) is 16.2 Å². The summed E-state index contributed by atoms with van der Waals surface area (Å²) in [4.78, 5) is 11.6. The number of nitrogen functional groups attached to an aromatic ring is 1. The van der Waals surface area contributed by atoms with Gasteiger partial charge in [-0.25, -0.2) is 4.79 Å². The van der Waals surface area contributed by atoms with Gasteiger partial charge in [0.1, 0.15) is 11.5 Å². The molecule has 2 aromatic carbocycles. The van der Waals surface area contributed by atoms with Crippen molar-refractivity contribution < 1.29 is 14.3 Å². The molecule has 0 atom stereocenters. The molecule has 0 aliphatic rings. The molecule has 0 radical (unpaired) electrons. The van der Waals surface area contributed by atoms with Crippen LogP contribution in [0.25, 0.3) is 0 Å². The molecule has 0 fully saturated rings. The highest BCUT2D eigenvalue weighted by atomic mass is 79.9. The van der Waals surface area contributed by atoms with Gasteiger partial charge >= 0.3 is 5.97 Å². The third-order valence-corrected chi connectivity index (χ3v) is 4.13. The standard InChI is InChI=1S/C14H10BrCl2NO3/c1-20-14(19)8-4-7(2-3-12(8)18)21-13-6-10(16)9(15)5-11(13)17/h2-6H,18H2,1H3. The summed E-state index contributed by atoms with van der Waals surface area (Å²) >= 11 is 15.3. The van der Waals surface area contributed by atoms with Gasteiger partial charge in [-0.2, -0.15) is 0 Å². The fourth-order valence-electron chi connectivity index (χ4n) is 1.60. The molecule has 0 amide bonds. The lowest BCUT2D eigenvalue weighted by atomic mass is 10.1. The van der Waals surface area contributed by atoms with Crippen LogP contribution in [0.5, 0.6) is 11.5 Å². The number of esters is 1. The number of carbonyl (C=O) groups excluding carboxylic acids is 1. The molecule has 2 N–H and O–H groups in total. The van der Waals surface area contributed by atoms with E-state index in [1.54, 1.807) is 24.3 Å². The van der Waals surface area contributed by atoms with Crippen LogP contribution in [0.2, 0.25) is 10.0 Å². The number of rotatable bonds is 3. The lowest BCUT2D eigenvalue weighted by molar-refractivity contribution is 0.0601. The van der Waals surface area contributed by atoms with Crippen molar-refractivity contribution in [3.8, 4) is 11.5 Å². The Balaban J connectivity index is 2.36. The summed E-state index contributed by atoms with van der Waals surface area (Å²) in [5.41, 5.74) is 6.24. The van der Waals surface area contributed by atoms with Gasteiger partial charge in [-0.15, -0.1) is 0 Å². The average Bonchev–Trinajstić information content (AvgIpc) is 2.45. The lowest BCUT2D eigenvalue weighted by Gasteiger charge is -2.11. The highest BCUT2D eigenvalue weighted by Gasteiger charge is 2.13. The van der Waals surface area contributed by atoms with Crippen LogP contribution < -0.4 is 10.5 Å². The Morgan fingerprint density at radius 2 is 1.90 bits per heavy atom. The summed E-state index contributed by atoms with van der Waals surface area (Å²) < 4.78 is 10.9. The summed E-state index contributed by atoms with van der Waals surface area (Å²) in [6, 6.07) is 7.84. The molecule has 21 heavy (non-hydrogen) atoms. The largest absolute Gasteiger partial charge is 0.465 e. The topological polar surface area (TPSA) is 61.5 Å². The summed E-state index contributed by atoms with van der Waals surface area (Å²) in [6.45, 7) is 0. The highest BCUT2D eigenvalue weighted by Crippen LogP contribution is 2.37. The number of benzene rings is 2. The van der Waals surface area contributed by atoms with Crippen LogP contribution in [-0.2, 0) is 4.74 Å². The fourth-order valence-corrected chi connectivity index (χ4v) is 2.43. The molecule has 7 heteroatoms. The first-order valence-corrected chi connectivity index (χ1v) is 7.27. The molecular formula is C14H10BrCl2NO3. The van der Waals surface area contributed by atoms with Crippen molar-refractivity contribution in [2.45, 2.75) is 0 Å². The monoisotopic (exact) mass is 389 g/mol. The Labute approximate surface area is 139 Å². The van der Waals surface area contributed by atoms with E-state index in [0.29, 0.717) is 31.7 Å². The van der Waals surface area contributed by atoms with Crippen molar-refractivity contribution in [3.05, 3.63) is 50.4 Å². The SMILES string of the molecule is COC(=O)c1cc(Oc2cc(Cl)c(Br)cc2Cl)ccc1N. The summed E-state index contributed by atoms with van der Waals surface area (Å²) in [5.74, 6) is 0.216. The van der Waals surface area contributed by atoms with E-state index in [4.69, 9.17) is 33.7 Å². The second-order valence-electron chi connectivity index (χ2n) is 4.04. The van der Waals surface area contributed by atoms with Crippen molar-refractivity contribution in [1.29, 1.82) is 0 Å². The molecule has 0 saturated carbocycles. The van der Waals surface area contributed by atoms with Crippen molar-refractivity contribution in [1.82, 2.24) is 0 Å². The van der Waals surface area contributed by atoms with Crippen LogP contribution in [0.3, 0.4) is 0 Å². The van der Waals surface area contributed by atoms with Crippen molar-refractivity contribution >= 4 is 50.8 Å². The highest BCUT2D eigenvalue weighted by molar-refractivity contribution is 9.10. The van der Waals surface area contributed by atoms with E-state index in [0.717, 1.165) is 0 Å². The molecule has 2 rings (SSSR count). The van der Waals surface area contributed by atoms with Crippen LogP contribution in [-0.4, -0.2) is 13.1 Å². The van der Waals surface area contributed by atoms with Gasteiger partial charge in [0.05, 0.1) is 22.7 Å². The zero-order valence-electron chi connectivity index (χ0n) is 10.8. The number of ether oxygens (including phenoxy) is 2. The van der Waals surface area contributed by atoms with E-state index in [2.05, 4.69) is 20.7 Å². The molecule has 0 aromatic heterocycles. The Morgan fingerprint density at radius 3 is 2.57 bits per heavy atom. The quantitative estimate of drug-likeness (QED) is 0.459. The Kier molecular flexibility index (Phi) is 4.98. The van der Waals surface area contributed by atoms with Crippen LogP contribution in [0, 0.1) is 0 Å². The number of hydrogen-bond donors (Lipinski definition) is 1. The van der Waals surface area contributed by atoms with Crippen molar-refractivity contribution in [2.24, 2.45) is 0 Å². The normalized spacial score (nSPS) is 10.3. The smallest absolute Gasteiger partial charge is 0.340 e. The van der Waals surface area contributed by atoms with Gasteiger partial charge in [0.2, 0.25) is 0 Å². The van der Waals surface area contributed by atoms with Gasteiger partial charge in [0.25, 0.3) is 0 Å². The summed E-state index contributed by atoms with van der Waals surface area (Å²) in [6.07, 6.45) is 0. The maximum atomic E-state index is 11.6. The van der Waals surface area contributed by atoms with Crippen LogP contribution in [0.15, 0.2) is 34.8 Å². The number of anilines is 1. The first kappa shape index (κ1) is 15.9. The molecule has 0 spiro atoms. The second-order valence-corrected chi connectivity index (χ2v) is 5.71. The minimum absolute atomic E-state index is 0.217. The van der Waals surface area contributed by atoms with E-state index in [-0.39, 0.29) is 5.56 Å². The van der Waals surface area contributed by atoms with Gasteiger partial charge in [-0.05, 0) is 40.2 Å². The van der Waals surface area contributed by atoms with Crippen LogP contribution >= 0.6 is 39.1 Å². The number of carbonyl (C=O) groups is 1. The molecule has 0 aliphatic carbocycles. The number of methoxy groups -OCH3 is 1. The summed E-state index contributed by atoms with van der Waals surface area (Å²) in [7, 11) is 1.28. The molecule has 0 heterocycles. The molecule has 110 valence electrons. The third kappa shape index (κ3) is 3.61. The van der Waals surface area contributed by atoms with Gasteiger partial charge in [-0.1, -0.05) is 23.2 Å². The van der Waals surface area contributed by atoms with E-state index < -0.39 is 5.97 Å². The second kappa shape index (κ2) is 6.56. The predicted molar refractivity (Wildman–Crippen MR) is 86.4 cm³/mol. The van der Waals surface area contributed by atoms with E-state index in [1.165, 1.54) is 13.2 Å². The molecule has 0 unspecified atom stereocenters. The number of nitrogens with two attached hydrogens (primary N) is 1. The predicted octanol–water partition coefficient (Wildman–Crippen LogP) is 4.92. The first-order chi connectivity index (χ1) is 9.92. The molecule has 2 aromatic rings. The van der Waals surface area contributed by atoms with E-state index in [9.17, 15) is 4.79 Å². The molecular weight excluding hydrogens is 381 g/mol. The molecule has 0 saturated heterocycles. The van der Waals surface area contributed by atoms with E-state index >= 15 is 0 Å². The van der Waals surface area contributed by atoms with E-state index in [1.807, 2.05) is 0 Å². The zero-order chi connectivity index (χ0) is 15.6. The Morgan fingerprint density at radius 1 is 1.19 bits per heavy atom. The fraction of sp³-hybridized carbons (Fsp3) is 0.0714. The number of halogens is 3. The van der Waals surface area contributed by atoms with Crippen LogP contribution in [0.4, 0.5) is 5.69 Å². The molecule has 4 nitrogen and oxygen atoms in total. The minimum atomic E-state index is -0.544. The van der Waals surface area contributed by atoms with Gasteiger partial charge in [0.15, 0.2) is 0 Å². The molecule has 0 bridgehead atoms. The van der Waals surface area contributed by atoms with Gasteiger partial charge in [-0.3, -0.25) is 0 Å². The Hall–Kier alpha value is -1.43. The first-order valence-electron chi connectivity index (χ1n) is 5.72. The third-order valence-electron chi connectivity index (χ3n) is 2.63. The average molecular weight is 391 g/mol. The van der Waals surface area contributed by atoms with Crippen LogP contribution in [0.1, 0.15) is 10.4 Å². The Bertz CT molecular complexity index is 707. The van der Waals surface area contributed by atoms with Crippen molar-refractivity contribution in [2.75, 3.05) is 12.8 Å². The van der Waals surface area contributed by atoms with Crippen molar-refractivity contribution in [3.63, 3.8) is 0 Å². The minimum Gasteiger partial charge on any atom is -0.465 e.